The van der Waals surface area contributed by atoms with Crippen LogP contribution in [0.2, 0.25) is 0 Å². The summed E-state index contributed by atoms with van der Waals surface area (Å²) in [4.78, 5) is 41.4. The molecule has 40 heavy (non-hydrogen) atoms. The van der Waals surface area contributed by atoms with E-state index in [1.165, 1.54) is 17.2 Å². The molecule has 214 valence electrons. The second-order valence-electron chi connectivity index (χ2n) is 9.31. The Bertz CT molecular complexity index is 1660. The summed E-state index contributed by atoms with van der Waals surface area (Å²) in [5.74, 6) is 0.0930. The Morgan fingerprint density at radius 2 is 1.88 bits per heavy atom. The molecule has 19 nitrogen and oxygen atoms in total. The van der Waals surface area contributed by atoms with E-state index >= 15 is 0 Å². The van der Waals surface area contributed by atoms with Crippen molar-refractivity contribution in [3.63, 3.8) is 0 Å². The Kier molecular flexibility index (Phi) is 6.64. The van der Waals surface area contributed by atoms with Crippen molar-refractivity contribution >= 4 is 35.6 Å². The van der Waals surface area contributed by atoms with Crippen molar-refractivity contribution in [3.05, 3.63) is 35.0 Å². The number of imidazole rings is 1. The number of fused-ring (bicyclic) bond motifs is 2. The number of aromatic nitrogens is 8. The summed E-state index contributed by atoms with van der Waals surface area (Å²) in [6.45, 7) is -1.39. The maximum Gasteiger partial charge on any atom is 0.337 e. The summed E-state index contributed by atoms with van der Waals surface area (Å²) in [5, 5.41) is 48.2. The van der Waals surface area contributed by atoms with E-state index in [2.05, 4.69) is 35.1 Å². The Labute approximate surface area is 222 Å². The zero-order valence-electron chi connectivity index (χ0n) is 20.3. The number of hydrogen-bond acceptors (Lipinski definition) is 15. The molecule has 0 aromatic carbocycles. The summed E-state index contributed by atoms with van der Waals surface area (Å²) in [5.41, 5.74) is 3.98. The summed E-state index contributed by atoms with van der Waals surface area (Å²) in [7, 11) is -4.84. The molecule has 4 aromatic rings. The number of hydrogen-bond donors (Lipinski definition) is 8. The molecule has 4 aromatic heterocycles. The normalized spacial score (nSPS) is 32.2. The van der Waals surface area contributed by atoms with Crippen LogP contribution in [0.25, 0.3) is 22.2 Å². The molecule has 0 saturated carbocycles. The van der Waals surface area contributed by atoms with Crippen molar-refractivity contribution in [1.29, 1.82) is 0 Å². The summed E-state index contributed by atoms with van der Waals surface area (Å²) < 4.78 is 31.5. The number of nitrogens with zero attached hydrogens (tertiary/aromatic N) is 6. The highest BCUT2D eigenvalue weighted by Gasteiger charge is 2.56. The van der Waals surface area contributed by atoms with Gasteiger partial charge in [0.05, 0.1) is 32.0 Å². The van der Waals surface area contributed by atoms with Crippen LogP contribution in [-0.4, -0.2) is 114 Å². The molecule has 2 aliphatic rings. The van der Waals surface area contributed by atoms with Gasteiger partial charge in [-0.25, -0.2) is 19.9 Å². The molecule has 2 saturated heterocycles. The Morgan fingerprint density at radius 1 is 1.07 bits per heavy atom. The van der Waals surface area contributed by atoms with Gasteiger partial charge in [-0.05, 0) is 0 Å². The van der Waals surface area contributed by atoms with Crippen LogP contribution in [0.5, 0.6) is 0 Å². The molecule has 2 aliphatic heterocycles. The number of ether oxygens (including phenoxy) is 2. The minimum atomic E-state index is -4.84. The molecule has 6 rings (SSSR count). The zero-order chi connectivity index (χ0) is 28.3. The third kappa shape index (κ3) is 4.19. The smallest absolute Gasteiger partial charge is 0.337 e. The molecule has 20 heteroatoms. The summed E-state index contributed by atoms with van der Waals surface area (Å²) in [6, 6.07) is 0. The van der Waals surface area contributed by atoms with Crippen LogP contribution in [0, 0.1) is 0 Å². The Morgan fingerprint density at radius 3 is 2.65 bits per heavy atom. The molecule has 9 atom stereocenters. The first-order chi connectivity index (χ1) is 19.1. The fourth-order valence-electron chi connectivity index (χ4n) is 4.97. The van der Waals surface area contributed by atoms with Crippen molar-refractivity contribution in [2.45, 2.75) is 48.5 Å². The lowest BCUT2D eigenvalue weighted by Crippen LogP contribution is -2.36. The fourth-order valence-corrected chi connectivity index (χ4v) is 6.64. The highest BCUT2D eigenvalue weighted by molar-refractivity contribution is 7.53. The van der Waals surface area contributed by atoms with E-state index < -0.39 is 74.9 Å². The van der Waals surface area contributed by atoms with E-state index in [1.807, 2.05) is 0 Å². The van der Waals surface area contributed by atoms with Crippen molar-refractivity contribution < 1.29 is 43.9 Å². The Balaban J connectivity index is 1.24. The van der Waals surface area contributed by atoms with E-state index in [0.29, 0.717) is 0 Å². The number of aromatic amines is 2. The Hall–Kier alpha value is -3.39. The minimum absolute atomic E-state index is 0.0297. The second-order valence-corrected chi connectivity index (χ2v) is 11.3. The molecular formula is C20H24N9O10P. The average Bonchev–Trinajstić information content (AvgIpc) is 3.68. The molecule has 0 radical (unpaired) electrons. The number of rotatable bonds is 7. The van der Waals surface area contributed by atoms with Crippen LogP contribution in [-0.2, 0) is 18.6 Å². The van der Waals surface area contributed by atoms with Crippen molar-refractivity contribution in [2.75, 3.05) is 18.9 Å². The van der Waals surface area contributed by atoms with Gasteiger partial charge in [0, 0.05) is 0 Å². The lowest BCUT2D eigenvalue weighted by atomic mass is 10.1. The zero-order valence-corrected chi connectivity index (χ0v) is 21.1. The average molecular weight is 581 g/mol. The van der Waals surface area contributed by atoms with Crippen LogP contribution in [0.3, 0.4) is 0 Å². The lowest BCUT2D eigenvalue weighted by molar-refractivity contribution is -0.0490. The maximum atomic E-state index is 13.5. The van der Waals surface area contributed by atoms with Crippen LogP contribution in [0.15, 0.2) is 23.8 Å². The van der Waals surface area contributed by atoms with Crippen molar-refractivity contribution in [2.24, 2.45) is 0 Å². The number of anilines is 1. The van der Waals surface area contributed by atoms with Gasteiger partial charge in [0.25, 0.3) is 5.56 Å². The van der Waals surface area contributed by atoms with Crippen LogP contribution < -0.4 is 11.3 Å². The molecule has 0 spiro atoms. The first-order valence-electron chi connectivity index (χ1n) is 11.9. The third-order valence-electron chi connectivity index (χ3n) is 6.99. The van der Waals surface area contributed by atoms with E-state index in [9.17, 15) is 34.7 Å². The largest absolute Gasteiger partial charge is 0.394 e. The highest BCUT2D eigenvalue weighted by Crippen LogP contribution is 2.58. The van der Waals surface area contributed by atoms with Crippen LogP contribution in [0.4, 0.5) is 5.82 Å². The fraction of sp³-hybridized carbons (Fsp3) is 0.500. The second kappa shape index (κ2) is 9.91. The van der Waals surface area contributed by atoms with Gasteiger partial charge in [0.2, 0.25) is 0 Å². The van der Waals surface area contributed by atoms with Gasteiger partial charge in [0.15, 0.2) is 17.7 Å². The molecule has 0 amide bonds. The standard InChI is InChI=1S/C20H24N9O10P/c21-17-11-18(24-4-23-17)29(5-26-11)20-14(33)12(31)7(39-20)2-37-40(35,36)16-13(32)6(1-30)38-15(16)9-8-10(28-27-9)19(34)25-3-22-8/h3-7,12-16,20,30-33H,1-2H2,(H,27,28)(H,35,36)(H2,21,23,24)(H,22,25,34)/t6-,7-,12-,13-,14-,15+,16-,20-/m1/s1. The van der Waals surface area contributed by atoms with Crippen molar-refractivity contribution in [3.8, 4) is 0 Å². The number of H-pyrrole nitrogens is 2. The molecule has 9 N–H and O–H groups in total. The van der Waals surface area contributed by atoms with Gasteiger partial charge < -0.3 is 50.0 Å². The van der Waals surface area contributed by atoms with Crippen molar-refractivity contribution in [1.82, 2.24) is 39.7 Å². The van der Waals surface area contributed by atoms with Gasteiger partial charge in [0.1, 0.15) is 64.8 Å². The number of nitrogens with two attached hydrogens (primary N) is 1. The number of nitrogens with one attached hydrogen (secondary N) is 2. The van der Waals surface area contributed by atoms with E-state index in [1.54, 1.807) is 0 Å². The number of aliphatic hydroxyl groups excluding tert-OH is 4. The lowest BCUT2D eigenvalue weighted by Gasteiger charge is -2.26. The SMILES string of the molecule is Nc1ncnc2c1ncn2[C@@H]1O[C@H](COP(=O)(O)[C@@H]2[C@H](O)[C@@H](CO)O[C@H]2c2n[nH]c3c(=O)[nH]cnc23)[C@@H](O)[C@H]1O. The van der Waals surface area contributed by atoms with E-state index in [0.717, 1.165) is 6.33 Å². The molecule has 2 fully saturated rings. The quantitative estimate of drug-likeness (QED) is 0.101. The number of nitrogen functional groups attached to an aromatic ring is 1. The molecule has 6 heterocycles. The molecule has 1 unspecified atom stereocenters. The third-order valence-corrected chi connectivity index (χ3v) is 8.84. The topological polar surface area (TPSA) is 290 Å². The van der Waals surface area contributed by atoms with E-state index in [-0.39, 0.29) is 33.7 Å². The highest BCUT2D eigenvalue weighted by atomic mass is 31.2. The maximum absolute atomic E-state index is 13.5. The first kappa shape index (κ1) is 26.8. The van der Waals surface area contributed by atoms with Gasteiger partial charge in [-0.15, -0.1) is 0 Å². The van der Waals surface area contributed by atoms with Gasteiger partial charge in [-0.3, -0.25) is 19.0 Å². The van der Waals surface area contributed by atoms with Crippen LogP contribution >= 0.6 is 7.60 Å². The minimum Gasteiger partial charge on any atom is -0.394 e. The van der Waals surface area contributed by atoms with E-state index in [4.69, 9.17) is 19.7 Å². The number of aliphatic hydroxyl groups is 4. The van der Waals surface area contributed by atoms with Gasteiger partial charge in [-0.1, -0.05) is 0 Å². The summed E-state index contributed by atoms with van der Waals surface area (Å²) >= 11 is 0. The summed E-state index contributed by atoms with van der Waals surface area (Å²) in [6.07, 6.45) is -6.36. The monoisotopic (exact) mass is 581 g/mol. The predicted octanol–water partition coefficient (Wildman–Crippen LogP) is -2.95. The van der Waals surface area contributed by atoms with Crippen LogP contribution in [0.1, 0.15) is 18.0 Å². The predicted molar refractivity (Wildman–Crippen MR) is 130 cm³/mol. The molecule has 0 aliphatic carbocycles. The van der Waals surface area contributed by atoms with Gasteiger partial charge >= 0.3 is 7.60 Å². The molecule has 0 bridgehead atoms. The molecular weight excluding hydrogens is 557 g/mol. The first-order valence-corrected chi connectivity index (χ1v) is 13.5. The van der Waals surface area contributed by atoms with Gasteiger partial charge in [-0.2, -0.15) is 5.10 Å².